The summed E-state index contributed by atoms with van der Waals surface area (Å²) < 4.78 is 5.01. The molecule has 104 valence electrons. The number of carbonyl (C=O) groups excluding carboxylic acids is 2. The van der Waals surface area contributed by atoms with Gasteiger partial charge in [0.25, 0.3) is 0 Å². The molecule has 0 spiro atoms. The van der Waals surface area contributed by atoms with Crippen LogP contribution in [-0.2, 0) is 19.2 Å². The number of ether oxygens (including phenoxy) is 1. The Morgan fingerprint density at radius 1 is 1.58 bits per heavy atom. The van der Waals surface area contributed by atoms with Crippen LogP contribution in [0.2, 0.25) is 0 Å². The number of nitrogens with two attached hydrogens (primary N) is 1. The van der Waals surface area contributed by atoms with Gasteiger partial charge in [0.05, 0.1) is 0 Å². The number of esters is 1. The van der Waals surface area contributed by atoms with E-state index in [1.54, 1.807) is 26.2 Å². The normalized spacial score (nSPS) is 12.1. The zero-order valence-corrected chi connectivity index (χ0v) is 11.7. The van der Waals surface area contributed by atoms with Gasteiger partial charge in [-0.1, -0.05) is 5.16 Å². The van der Waals surface area contributed by atoms with Gasteiger partial charge in [-0.2, -0.15) is 0 Å². The molecule has 0 radical (unpaired) electrons. The minimum atomic E-state index is -0.596. The molecular weight excluding hydrogens is 270 g/mol. The minimum absolute atomic E-state index is 0.0310. The average Bonchev–Trinajstić information content (AvgIpc) is 2.68. The highest BCUT2D eigenvalue weighted by Gasteiger charge is 2.16. The Balaban J connectivity index is 2.55. The summed E-state index contributed by atoms with van der Waals surface area (Å²) in [6.45, 7) is 4.84. The number of aromatic nitrogens is 1. The first-order valence-electron chi connectivity index (χ1n) is 5.40. The number of thiazole rings is 1. The van der Waals surface area contributed by atoms with Crippen molar-refractivity contribution in [3.63, 3.8) is 0 Å². The predicted molar refractivity (Wildman–Crippen MR) is 70.9 cm³/mol. The second-order valence-corrected chi connectivity index (χ2v) is 5.41. The van der Waals surface area contributed by atoms with Crippen LogP contribution in [-0.4, -0.2) is 35.2 Å². The molecule has 0 unspecified atom stereocenters. The number of aldehydes is 1. The molecule has 0 saturated heterocycles. The summed E-state index contributed by atoms with van der Waals surface area (Å²) in [5, 5.41) is 5.42. The lowest BCUT2D eigenvalue weighted by molar-refractivity contribution is -0.160. The molecule has 0 aliphatic carbocycles. The number of hydrogen-bond acceptors (Lipinski definition) is 8. The van der Waals surface area contributed by atoms with E-state index in [9.17, 15) is 9.59 Å². The molecule has 0 atom stereocenters. The molecule has 1 heterocycles. The first-order chi connectivity index (χ1) is 8.81. The molecule has 2 N–H and O–H groups in total. The lowest BCUT2D eigenvalue weighted by Gasteiger charge is -2.18. The molecule has 0 saturated carbocycles. The van der Waals surface area contributed by atoms with Crippen molar-refractivity contribution in [3.8, 4) is 0 Å². The van der Waals surface area contributed by atoms with Crippen LogP contribution in [0.3, 0.4) is 0 Å². The number of nitrogens with zero attached hydrogens (tertiary/aromatic N) is 2. The summed E-state index contributed by atoms with van der Waals surface area (Å²) >= 11 is 1.18. The summed E-state index contributed by atoms with van der Waals surface area (Å²) in [5.41, 5.74) is 5.12. The summed E-state index contributed by atoms with van der Waals surface area (Å²) in [7, 11) is 0. The molecule has 0 aliphatic heterocycles. The molecule has 1 aromatic heterocycles. The van der Waals surface area contributed by atoms with Crippen molar-refractivity contribution in [2.45, 2.75) is 26.4 Å². The van der Waals surface area contributed by atoms with Crippen LogP contribution in [0.25, 0.3) is 0 Å². The summed E-state index contributed by atoms with van der Waals surface area (Å²) in [5.74, 6) is -0.570. The molecular formula is C11H15N3O4S. The number of hydrogen-bond donors (Lipinski definition) is 1. The maximum Gasteiger partial charge on any atom is 0.347 e. The maximum atomic E-state index is 11.3. The van der Waals surface area contributed by atoms with E-state index < -0.39 is 11.6 Å². The van der Waals surface area contributed by atoms with Crippen molar-refractivity contribution in [2.75, 3.05) is 12.3 Å². The molecule has 0 aromatic carbocycles. The maximum absolute atomic E-state index is 11.3. The fourth-order valence-corrected chi connectivity index (χ4v) is 1.62. The zero-order chi connectivity index (χ0) is 14.5. The van der Waals surface area contributed by atoms with Crippen LogP contribution in [0.1, 0.15) is 26.5 Å². The number of anilines is 1. The fraction of sp³-hybridized carbons (Fsp3) is 0.455. The van der Waals surface area contributed by atoms with Gasteiger partial charge in [-0.15, -0.1) is 11.3 Å². The molecule has 1 rings (SSSR count). The number of oxime groups is 1. The second-order valence-electron chi connectivity index (χ2n) is 4.53. The van der Waals surface area contributed by atoms with Gasteiger partial charge in [-0.3, -0.25) is 4.79 Å². The van der Waals surface area contributed by atoms with Crippen molar-refractivity contribution in [1.82, 2.24) is 4.98 Å². The summed E-state index contributed by atoms with van der Waals surface area (Å²) in [6, 6.07) is 0. The first kappa shape index (κ1) is 15.1. The third-order valence-corrected chi connectivity index (χ3v) is 2.34. The van der Waals surface area contributed by atoms with E-state index in [0.717, 1.165) is 0 Å². The number of nitrogen functional groups attached to an aromatic ring is 1. The van der Waals surface area contributed by atoms with E-state index in [0.29, 0.717) is 17.1 Å². The van der Waals surface area contributed by atoms with Crippen molar-refractivity contribution >= 4 is 34.4 Å². The molecule has 0 bridgehead atoms. The highest BCUT2D eigenvalue weighted by atomic mass is 32.1. The van der Waals surface area contributed by atoms with Gasteiger partial charge in [0.2, 0.25) is 6.61 Å². The molecule has 7 nitrogen and oxygen atoms in total. The van der Waals surface area contributed by atoms with E-state index >= 15 is 0 Å². The summed E-state index contributed by atoms with van der Waals surface area (Å²) in [4.78, 5) is 30.8. The Labute approximate surface area is 114 Å². The molecule has 19 heavy (non-hydrogen) atoms. The smallest absolute Gasteiger partial charge is 0.347 e. The molecule has 0 fully saturated rings. The van der Waals surface area contributed by atoms with Crippen LogP contribution in [0.5, 0.6) is 0 Å². The van der Waals surface area contributed by atoms with E-state index in [-0.39, 0.29) is 12.3 Å². The Morgan fingerprint density at radius 3 is 2.74 bits per heavy atom. The largest absolute Gasteiger partial charge is 0.457 e. The van der Waals surface area contributed by atoms with Crippen LogP contribution < -0.4 is 5.73 Å². The van der Waals surface area contributed by atoms with Gasteiger partial charge in [-0.05, 0) is 20.8 Å². The standard InChI is InChI=1S/C11H15N3O4S/c1-11(2,3)18-9(16)5-17-14-7(4-15)8-6-19-10(12)13-8/h4,6H,5H2,1-3H3,(H2,12,13)/b14-7-. The molecule has 8 heteroatoms. The van der Waals surface area contributed by atoms with Crippen LogP contribution in [0, 0.1) is 0 Å². The van der Waals surface area contributed by atoms with Gasteiger partial charge in [0.15, 0.2) is 17.1 Å². The van der Waals surface area contributed by atoms with E-state index in [1.807, 2.05) is 0 Å². The van der Waals surface area contributed by atoms with E-state index in [4.69, 9.17) is 15.3 Å². The second kappa shape index (κ2) is 6.28. The lowest BCUT2D eigenvalue weighted by Crippen LogP contribution is -2.26. The Morgan fingerprint density at radius 2 is 2.26 bits per heavy atom. The Bertz CT molecular complexity index is 490. The number of rotatable bonds is 5. The minimum Gasteiger partial charge on any atom is -0.457 e. The SMILES string of the molecule is CC(C)(C)OC(=O)CO/N=C(/C=O)c1csc(N)n1. The van der Waals surface area contributed by atoms with Crippen LogP contribution in [0.15, 0.2) is 10.5 Å². The van der Waals surface area contributed by atoms with Gasteiger partial charge in [0, 0.05) is 5.38 Å². The topological polar surface area (TPSA) is 104 Å². The van der Waals surface area contributed by atoms with E-state index in [1.165, 1.54) is 11.3 Å². The third kappa shape index (κ3) is 5.47. The number of carbonyl (C=O) groups is 2. The van der Waals surface area contributed by atoms with Crippen LogP contribution in [0.4, 0.5) is 5.13 Å². The zero-order valence-electron chi connectivity index (χ0n) is 10.9. The highest BCUT2D eigenvalue weighted by molar-refractivity contribution is 7.13. The molecule has 0 amide bonds. The van der Waals surface area contributed by atoms with Crippen molar-refractivity contribution in [1.29, 1.82) is 0 Å². The monoisotopic (exact) mass is 285 g/mol. The van der Waals surface area contributed by atoms with Gasteiger partial charge >= 0.3 is 5.97 Å². The third-order valence-electron chi connectivity index (χ3n) is 1.66. The van der Waals surface area contributed by atoms with Crippen molar-refractivity contribution < 1.29 is 19.2 Å². The van der Waals surface area contributed by atoms with E-state index in [2.05, 4.69) is 10.1 Å². The highest BCUT2D eigenvalue weighted by Crippen LogP contribution is 2.11. The average molecular weight is 285 g/mol. The Hall–Kier alpha value is -1.96. The predicted octanol–water partition coefficient (Wildman–Crippen LogP) is 0.987. The van der Waals surface area contributed by atoms with Crippen molar-refractivity contribution in [2.24, 2.45) is 5.16 Å². The first-order valence-corrected chi connectivity index (χ1v) is 6.28. The Kier molecular flexibility index (Phi) is 4.99. The molecule has 1 aromatic rings. The molecule has 0 aliphatic rings. The fourth-order valence-electron chi connectivity index (χ4n) is 1.06. The summed E-state index contributed by atoms with van der Waals surface area (Å²) in [6.07, 6.45) is 0.476. The van der Waals surface area contributed by atoms with Gasteiger partial charge < -0.3 is 15.3 Å². The van der Waals surface area contributed by atoms with Crippen molar-refractivity contribution in [3.05, 3.63) is 11.1 Å². The quantitative estimate of drug-likeness (QED) is 0.374. The van der Waals surface area contributed by atoms with Crippen LogP contribution >= 0.6 is 11.3 Å². The van der Waals surface area contributed by atoms with Gasteiger partial charge in [-0.25, -0.2) is 9.78 Å². The van der Waals surface area contributed by atoms with Gasteiger partial charge in [0.1, 0.15) is 11.3 Å². The lowest BCUT2D eigenvalue weighted by atomic mass is 10.2.